The fourth-order valence-corrected chi connectivity index (χ4v) is 2.47. The Balaban J connectivity index is 2.13. The quantitative estimate of drug-likeness (QED) is 0.594. The Morgan fingerprint density at radius 2 is 1.95 bits per heavy atom. The van der Waals surface area contributed by atoms with Crippen molar-refractivity contribution in [1.82, 2.24) is 4.57 Å². The van der Waals surface area contributed by atoms with Crippen molar-refractivity contribution in [2.45, 2.75) is 6.54 Å². The minimum Gasteiger partial charge on any atom is -0.326 e. The predicted octanol–water partition coefficient (Wildman–Crippen LogP) is 2.70. The fraction of sp³-hybridized carbons (Fsp3) is 0.0625. The molecule has 0 spiro atoms. The summed E-state index contributed by atoms with van der Waals surface area (Å²) in [4.78, 5) is 23.0. The van der Waals surface area contributed by atoms with Gasteiger partial charge in [0.1, 0.15) is 0 Å². The first-order valence-electron chi connectivity index (χ1n) is 6.70. The van der Waals surface area contributed by atoms with E-state index in [0.29, 0.717) is 6.54 Å². The zero-order valence-corrected chi connectivity index (χ0v) is 11.6. The molecule has 0 fully saturated rings. The summed E-state index contributed by atoms with van der Waals surface area (Å²) in [7, 11) is 0. The second-order valence-electron chi connectivity index (χ2n) is 4.86. The highest BCUT2D eigenvalue weighted by Gasteiger charge is 2.16. The predicted molar refractivity (Wildman–Crippen MR) is 82.7 cm³/mol. The van der Waals surface area contributed by atoms with Crippen molar-refractivity contribution in [1.29, 1.82) is 0 Å². The number of nitrogens with zero attached hydrogens (tertiary/aromatic N) is 2. The highest BCUT2D eigenvalue weighted by atomic mass is 16.6. The zero-order valence-electron chi connectivity index (χ0n) is 11.6. The molecule has 6 nitrogen and oxygen atoms in total. The molecule has 2 N–H and O–H groups in total. The van der Waals surface area contributed by atoms with Gasteiger partial charge < -0.3 is 5.73 Å². The van der Waals surface area contributed by atoms with Gasteiger partial charge in [-0.25, -0.2) is 0 Å². The number of non-ortho nitro benzene ring substituents is 1. The Kier molecular flexibility index (Phi) is 3.44. The van der Waals surface area contributed by atoms with Crippen molar-refractivity contribution in [3.63, 3.8) is 0 Å². The number of nitrogens with two attached hydrogens (primary N) is 1. The maximum absolute atomic E-state index is 12.7. The number of hydrogen-bond acceptors (Lipinski definition) is 4. The molecule has 6 heteroatoms. The fourth-order valence-electron chi connectivity index (χ4n) is 2.47. The number of benzene rings is 2. The average Bonchev–Trinajstić information content (AvgIpc) is 2.93. The van der Waals surface area contributed by atoms with E-state index in [0.717, 1.165) is 16.5 Å². The van der Waals surface area contributed by atoms with Crippen molar-refractivity contribution in [3.8, 4) is 0 Å². The minimum absolute atomic E-state index is 0.110. The van der Waals surface area contributed by atoms with Crippen LogP contribution in [0.25, 0.3) is 10.9 Å². The van der Waals surface area contributed by atoms with Crippen LogP contribution in [0.2, 0.25) is 0 Å². The molecule has 0 aliphatic carbocycles. The first-order valence-corrected chi connectivity index (χ1v) is 6.70. The van der Waals surface area contributed by atoms with Crippen LogP contribution in [0.4, 0.5) is 5.69 Å². The number of carbonyl (C=O) groups is 1. The average molecular weight is 295 g/mol. The summed E-state index contributed by atoms with van der Waals surface area (Å²) in [6, 6.07) is 13.1. The van der Waals surface area contributed by atoms with Gasteiger partial charge in [0.15, 0.2) is 0 Å². The zero-order chi connectivity index (χ0) is 15.7. The summed E-state index contributed by atoms with van der Waals surface area (Å²) in [6.07, 6.45) is 1.69. The maximum Gasteiger partial charge on any atom is 0.270 e. The third-order valence-corrected chi connectivity index (χ3v) is 3.54. The molecule has 0 saturated carbocycles. The molecule has 0 radical (unpaired) electrons. The molecule has 0 saturated heterocycles. The van der Waals surface area contributed by atoms with Crippen molar-refractivity contribution in [2.75, 3.05) is 0 Å². The lowest BCUT2D eigenvalue weighted by molar-refractivity contribution is -0.384. The van der Waals surface area contributed by atoms with Gasteiger partial charge in [0, 0.05) is 35.8 Å². The smallest absolute Gasteiger partial charge is 0.270 e. The van der Waals surface area contributed by atoms with Gasteiger partial charge in [-0.3, -0.25) is 19.5 Å². The van der Waals surface area contributed by atoms with Gasteiger partial charge in [-0.2, -0.15) is 0 Å². The van der Waals surface area contributed by atoms with Gasteiger partial charge in [-0.15, -0.1) is 0 Å². The van der Waals surface area contributed by atoms with Crippen LogP contribution in [0.5, 0.6) is 0 Å². The van der Waals surface area contributed by atoms with E-state index in [1.165, 1.54) is 22.8 Å². The summed E-state index contributed by atoms with van der Waals surface area (Å²) in [5, 5.41) is 11.8. The monoisotopic (exact) mass is 295 g/mol. The van der Waals surface area contributed by atoms with Crippen LogP contribution in [0.15, 0.2) is 54.7 Å². The summed E-state index contributed by atoms with van der Waals surface area (Å²) in [6.45, 7) is 0.315. The molecule has 110 valence electrons. The first-order chi connectivity index (χ1) is 10.6. The van der Waals surface area contributed by atoms with Crippen molar-refractivity contribution >= 4 is 22.5 Å². The van der Waals surface area contributed by atoms with E-state index in [4.69, 9.17) is 5.73 Å². The number of fused-ring (bicyclic) bond motifs is 1. The summed E-state index contributed by atoms with van der Waals surface area (Å²) in [5.74, 6) is -0.320. The van der Waals surface area contributed by atoms with Gasteiger partial charge in [0.05, 0.1) is 10.4 Å². The van der Waals surface area contributed by atoms with E-state index in [9.17, 15) is 14.9 Å². The molecule has 3 aromatic rings. The molecule has 0 aliphatic rings. The Morgan fingerprint density at radius 1 is 1.18 bits per heavy atom. The Labute approximate surface area is 125 Å². The van der Waals surface area contributed by atoms with Gasteiger partial charge in [-0.05, 0) is 17.7 Å². The lowest BCUT2D eigenvalue weighted by Gasteiger charge is -2.04. The normalized spacial score (nSPS) is 10.8. The Morgan fingerprint density at radius 3 is 2.68 bits per heavy atom. The van der Waals surface area contributed by atoms with Crippen LogP contribution in [0, 0.1) is 10.1 Å². The second-order valence-corrected chi connectivity index (χ2v) is 4.86. The van der Waals surface area contributed by atoms with Gasteiger partial charge in [0.25, 0.3) is 11.6 Å². The molecule has 0 atom stereocenters. The topological polar surface area (TPSA) is 91.2 Å². The number of carbonyl (C=O) groups excluding carboxylic acids is 1. The molecule has 0 bridgehead atoms. The Hall–Kier alpha value is -2.99. The van der Waals surface area contributed by atoms with E-state index in [1.807, 2.05) is 24.3 Å². The summed E-state index contributed by atoms with van der Waals surface area (Å²) in [5.41, 5.74) is 7.46. The second kappa shape index (κ2) is 5.42. The number of aromatic nitrogens is 1. The van der Waals surface area contributed by atoms with Crippen LogP contribution in [-0.2, 0) is 6.54 Å². The van der Waals surface area contributed by atoms with Crippen LogP contribution in [-0.4, -0.2) is 15.4 Å². The summed E-state index contributed by atoms with van der Waals surface area (Å²) >= 11 is 0. The highest BCUT2D eigenvalue weighted by molar-refractivity contribution is 6.03. The minimum atomic E-state index is -0.518. The van der Waals surface area contributed by atoms with E-state index < -0.39 is 4.92 Å². The molecule has 0 unspecified atom stereocenters. The third-order valence-electron chi connectivity index (χ3n) is 3.54. The third kappa shape index (κ3) is 2.25. The van der Waals surface area contributed by atoms with Crippen LogP contribution in [0.1, 0.15) is 15.9 Å². The highest BCUT2D eigenvalue weighted by Crippen LogP contribution is 2.23. The van der Waals surface area contributed by atoms with Crippen LogP contribution in [0.3, 0.4) is 0 Å². The number of nitro benzene ring substituents is 1. The van der Waals surface area contributed by atoms with Gasteiger partial charge in [0.2, 0.25) is 0 Å². The van der Waals surface area contributed by atoms with E-state index >= 15 is 0 Å². The van der Waals surface area contributed by atoms with E-state index in [1.54, 1.807) is 12.3 Å². The molecule has 2 aromatic carbocycles. The summed E-state index contributed by atoms with van der Waals surface area (Å²) < 4.78 is 1.48. The maximum atomic E-state index is 12.7. The standard InChI is InChI=1S/C16H13N3O3/c17-9-12-10-18(15-7-2-1-6-14(12)15)16(20)11-4-3-5-13(8-11)19(21)22/h1-8,10H,9,17H2. The van der Waals surface area contributed by atoms with Gasteiger partial charge in [-0.1, -0.05) is 24.3 Å². The number of hydrogen-bond donors (Lipinski definition) is 1. The number of rotatable bonds is 3. The molecule has 22 heavy (non-hydrogen) atoms. The van der Waals surface area contributed by atoms with Crippen LogP contribution >= 0.6 is 0 Å². The SMILES string of the molecule is NCc1cn(C(=O)c2cccc([N+](=O)[O-])c2)c2ccccc12. The molecule has 0 amide bonds. The lowest BCUT2D eigenvalue weighted by atomic mass is 10.1. The van der Waals surface area contributed by atoms with E-state index in [2.05, 4.69) is 0 Å². The largest absolute Gasteiger partial charge is 0.326 e. The molecule has 0 aliphatic heterocycles. The van der Waals surface area contributed by atoms with E-state index in [-0.39, 0.29) is 17.2 Å². The van der Waals surface area contributed by atoms with Crippen LogP contribution < -0.4 is 5.73 Å². The lowest BCUT2D eigenvalue weighted by Crippen LogP contribution is -2.11. The molecule has 1 heterocycles. The van der Waals surface area contributed by atoms with Crippen molar-refractivity contribution in [3.05, 3.63) is 76.0 Å². The first kappa shape index (κ1) is 14.0. The molecule has 1 aromatic heterocycles. The van der Waals surface area contributed by atoms with Gasteiger partial charge >= 0.3 is 0 Å². The number of nitro groups is 1. The molecule has 3 rings (SSSR count). The Bertz CT molecular complexity index is 883. The number of para-hydroxylation sites is 1. The molecular weight excluding hydrogens is 282 g/mol. The van der Waals surface area contributed by atoms with Crippen molar-refractivity contribution in [2.24, 2.45) is 5.73 Å². The van der Waals surface area contributed by atoms with Crippen molar-refractivity contribution < 1.29 is 9.72 Å². The molecular formula is C16H13N3O3.